The maximum atomic E-state index is 14.2. The molecule has 0 bridgehead atoms. The summed E-state index contributed by atoms with van der Waals surface area (Å²) in [6, 6.07) is 32.1. The maximum Gasteiger partial charge on any atom is 0.338 e. The van der Waals surface area contributed by atoms with Crippen LogP contribution in [0, 0.1) is 0 Å². The van der Waals surface area contributed by atoms with Gasteiger partial charge in [-0.1, -0.05) is 122 Å². The third-order valence-corrected chi connectivity index (χ3v) is 9.17. The van der Waals surface area contributed by atoms with Crippen molar-refractivity contribution in [2.24, 2.45) is 4.99 Å². The second kappa shape index (κ2) is 13.7. The molecule has 232 valence electrons. The number of rotatable bonds is 9. The minimum atomic E-state index is -0.713. The number of aromatic nitrogens is 1. The highest BCUT2D eigenvalue weighted by atomic mass is 35.5. The first-order valence-electron chi connectivity index (χ1n) is 15.2. The van der Waals surface area contributed by atoms with Crippen LogP contribution in [-0.4, -0.2) is 17.1 Å². The van der Waals surface area contributed by atoms with E-state index in [1.165, 1.54) is 16.9 Å². The number of halogens is 1. The van der Waals surface area contributed by atoms with E-state index >= 15 is 0 Å². The first kappa shape index (κ1) is 31.3. The Hall–Kier alpha value is -4.72. The molecule has 8 heteroatoms. The lowest BCUT2D eigenvalue weighted by Gasteiger charge is -2.26. The number of carbonyl (C=O) groups excluding carboxylic acids is 1. The summed E-state index contributed by atoms with van der Waals surface area (Å²) in [4.78, 5) is 33.3. The van der Waals surface area contributed by atoms with Crippen molar-refractivity contribution in [1.29, 1.82) is 0 Å². The second-order valence-corrected chi connectivity index (χ2v) is 12.6. The molecule has 1 atom stereocenters. The van der Waals surface area contributed by atoms with Crippen molar-refractivity contribution in [2.75, 3.05) is 6.61 Å². The van der Waals surface area contributed by atoms with Gasteiger partial charge in [0.2, 0.25) is 0 Å². The van der Waals surface area contributed by atoms with Crippen LogP contribution >= 0.6 is 22.9 Å². The normalized spacial score (nSPS) is 14.6. The number of hydrogen-bond acceptors (Lipinski definition) is 6. The maximum absolute atomic E-state index is 14.2. The molecule has 46 heavy (non-hydrogen) atoms. The van der Waals surface area contributed by atoms with Gasteiger partial charge in [-0.25, -0.2) is 9.79 Å². The second-order valence-electron chi connectivity index (χ2n) is 11.2. The van der Waals surface area contributed by atoms with Crippen molar-refractivity contribution >= 4 is 40.7 Å². The van der Waals surface area contributed by atoms with E-state index < -0.39 is 12.0 Å². The topological polar surface area (TPSA) is 69.9 Å². The first-order valence-corrected chi connectivity index (χ1v) is 16.4. The van der Waals surface area contributed by atoms with Crippen molar-refractivity contribution in [2.45, 2.75) is 39.3 Å². The average molecular weight is 649 g/mol. The molecule has 0 N–H and O–H groups in total. The van der Waals surface area contributed by atoms with Crippen molar-refractivity contribution in [3.8, 4) is 5.75 Å². The van der Waals surface area contributed by atoms with Crippen LogP contribution < -0.4 is 19.6 Å². The van der Waals surface area contributed by atoms with E-state index in [0.717, 1.165) is 22.3 Å². The van der Waals surface area contributed by atoms with E-state index in [1.54, 1.807) is 11.5 Å². The van der Waals surface area contributed by atoms with Crippen LogP contribution in [-0.2, 0) is 16.1 Å². The molecule has 0 fully saturated rings. The fraction of sp³-hybridized carbons (Fsp3) is 0.184. The van der Waals surface area contributed by atoms with Gasteiger partial charge in [0.1, 0.15) is 12.4 Å². The average Bonchev–Trinajstić information content (AvgIpc) is 3.38. The van der Waals surface area contributed by atoms with Gasteiger partial charge in [-0.3, -0.25) is 9.36 Å². The van der Waals surface area contributed by atoms with Crippen LogP contribution in [0.25, 0.3) is 11.8 Å². The molecule has 1 unspecified atom stereocenters. The van der Waals surface area contributed by atoms with Gasteiger partial charge in [0.25, 0.3) is 5.56 Å². The van der Waals surface area contributed by atoms with Crippen LogP contribution in [0.1, 0.15) is 60.5 Å². The van der Waals surface area contributed by atoms with E-state index in [9.17, 15) is 9.59 Å². The van der Waals surface area contributed by atoms with E-state index in [4.69, 9.17) is 26.1 Å². The Morgan fingerprint density at radius 2 is 1.65 bits per heavy atom. The van der Waals surface area contributed by atoms with E-state index in [2.05, 4.69) is 26.0 Å². The minimum Gasteiger partial charge on any atom is -0.489 e. The molecular formula is C38H33ClN2O4S. The quantitative estimate of drug-likeness (QED) is 0.157. The van der Waals surface area contributed by atoms with Crippen LogP contribution in [0.15, 0.2) is 118 Å². The highest BCUT2D eigenvalue weighted by molar-refractivity contribution is 7.07. The van der Waals surface area contributed by atoms with Crippen molar-refractivity contribution in [1.82, 2.24) is 4.57 Å². The van der Waals surface area contributed by atoms with Crippen molar-refractivity contribution in [3.63, 3.8) is 0 Å². The van der Waals surface area contributed by atoms with Crippen molar-refractivity contribution < 1.29 is 14.3 Å². The summed E-state index contributed by atoms with van der Waals surface area (Å²) in [5, 5.41) is 0.658. The lowest BCUT2D eigenvalue weighted by molar-refractivity contribution is -0.138. The molecule has 1 aliphatic rings. The van der Waals surface area contributed by atoms with Gasteiger partial charge >= 0.3 is 5.97 Å². The molecule has 6 rings (SSSR count). The van der Waals surface area contributed by atoms with Crippen LogP contribution in [0.5, 0.6) is 5.75 Å². The summed E-state index contributed by atoms with van der Waals surface area (Å²) in [5.74, 6) is 0.531. The molecule has 0 radical (unpaired) electrons. The Bertz CT molecular complexity index is 2080. The van der Waals surface area contributed by atoms with Gasteiger partial charge in [-0.15, -0.1) is 0 Å². The molecule has 1 aliphatic heterocycles. The first-order chi connectivity index (χ1) is 22.3. The van der Waals surface area contributed by atoms with Gasteiger partial charge in [0.05, 0.1) is 28.5 Å². The van der Waals surface area contributed by atoms with Crippen LogP contribution in [0.3, 0.4) is 0 Å². The van der Waals surface area contributed by atoms with Gasteiger partial charge in [-0.2, -0.15) is 0 Å². The molecule has 4 aromatic carbocycles. The number of benzene rings is 4. The summed E-state index contributed by atoms with van der Waals surface area (Å²) >= 11 is 7.56. The molecule has 0 amide bonds. The molecule has 1 aromatic heterocycles. The van der Waals surface area contributed by atoms with Crippen LogP contribution in [0.2, 0.25) is 5.02 Å². The zero-order chi connectivity index (χ0) is 32.2. The predicted molar refractivity (Wildman–Crippen MR) is 184 cm³/mol. The molecule has 2 heterocycles. The third kappa shape index (κ3) is 6.48. The summed E-state index contributed by atoms with van der Waals surface area (Å²) in [5.41, 5.74) is 5.10. The van der Waals surface area contributed by atoms with E-state index in [-0.39, 0.29) is 12.2 Å². The zero-order valence-electron chi connectivity index (χ0n) is 25.8. The monoisotopic (exact) mass is 648 g/mol. The van der Waals surface area contributed by atoms with E-state index in [0.29, 0.717) is 43.9 Å². The third-order valence-electron chi connectivity index (χ3n) is 7.82. The van der Waals surface area contributed by atoms with E-state index in [1.807, 2.05) is 97.1 Å². The molecule has 0 saturated carbocycles. The standard InChI is InChI=1S/C38H33ClN2O4S/c1-4-44-37(43)33-34(27-10-6-5-7-11-27)40-38-41(35(33)28-18-16-26(17-19-28)24(2)3)36(42)32(46-38)22-25-14-20-30(21-15-25)45-23-29-12-8-9-13-31(29)39/h5-22,24,35H,4,23H2,1-3H3/b32-22-. The summed E-state index contributed by atoms with van der Waals surface area (Å²) in [7, 11) is 0. The lowest BCUT2D eigenvalue weighted by Crippen LogP contribution is -2.40. The lowest BCUT2D eigenvalue weighted by atomic mass is 9.91. The number of hydrogen-bond donors (Lipinski definition) is 0. The number of carbonyl (C=O) groups is 1. The fourth-order valence-corrected chi connectivity index (χ4v) is 6.60. The largest absolute Gasteiger partial charge is 0.489 e. The Kier molecular flexibility index (Phi) is 9.33. The Morgan fingerprint density at radius 3 is 2.33 bits per heavy atom. The SMILES string of the molecule is CCOC(=O)C1=C(c2ccccc2)N=c2s/c(=C\c3ccc(OCc4ccccc4Cl)cc3)c(=O)n2C1c1ccc(C(C)C)cc1. The highest BCUT2D eigenvalue weighted by Crippen LogP contribution is 2.35. The Morgan fingerprint density at radius 1 is 0.957 bits per heavy atom. The van der Waals surface area contributed by atoms with Gasteiger partial charge < -0.3 is 9.47 Å². The summed E-state index contributed by atoms with van der Waals surface area (Å²) in [6.07, 6.45) is 1.84. The molecule has 6 nitrogen and oxygen atoms in total. The van der Waals surface area contributed by atoms with Crippen LogP contribution in [0.4, 0.5) is 0 Å². The summed E-state index contributed by atoms with van der Waals surface area (Å²) in [6.45, 7) is 6.59. The molecule has 0 saturated heterocycles. The summed E-state index contributed by atoms with van der Waals surface area (Å²) < 4.78 is 13.6. The number of esters is 1. The smallest absolute Gasteiger partial charge is 0.338 e. The number of nitrogens with zero attached hydrogens (tertiary/aromatic N) is 2. The van der Waals surface area contributed by atoms with Gasteiger partial charge in [0.15, 0.2) is 4.80 Å². The van der Waals surface area contributed by atoms with Crippen molar-refractivity contribution in [3.05, 3.63) is 161 Å². The molecule has 5 aromatic rings. The number of thiazole rings is 1. The molecule has 0 spiro atoms. The van der Waals surface area contributed by atoms with Gasteiger partial charge in [-0.05, 0) is 53.8 Å². The Balaban J connectivity index is 1.44. The highest BCUT2D eigenvalue weighted by Gasteiger charge is 2.35. The molecule has 0 aliphatic carbocycles. The number of ether oxygens (including phenoxy) is 2. The minimum absolute atomic E-state index is 0.200. The Labute approximate surface area is 276 Å². The molecular weight excluding hydrogens is 616 g/mol. The zero-order valence-corrected chi connectivity index (χ0v) is 27.3. The number of fused-ring (bicyclic) bond motifs is 1. The fourth-order valence-electron chi connectivity index (χ4n) is 5.41. The predicted octanol–water partition coefficient (Wildman–Crippen LogP) is 7.29. The van der Waals surface area contributed by atoms with Gasteiger partial charge in [0, 0.05) is 16.1 Å².